The van der Waals surface area contributed by atoms with Gasteiger partial charge < -0.3 is 4.90 Å². The number of carbonyl (C=O) groups excluding carboxylic acids is 1. The number of nitriles is 2. The van der Waals surface area contributed by atoms with Crippen LogP contribution in [-0.2, 0) is 4.79 Å². The summed E-state index contributed by atoms with van der Waals surface area (Å²) in [5, 5.41) is 20.3. The lowest BCUT2D eigenvalue weighted by molar-refractivity contribution is -0.121. The topological polar surface area (TPSA) is 67.9 Å². The molecule has 4 rings (SSSR count). The lowest BCUT2D eigenvalue weighted by Crippen LogP contribution is -2.36. The first-order valence-electron chi connectivity index (χ1n) is 8.77. The molecule has 0 aliphatic carbocycles. The third kappa shape index (κ3) is 2.28. The van der Waals surface area contributed by atoms with Crippen molar-refractivity contribution < 1.29 is 13.6 Å². The SMILES string of the molecule is CC(=O)[C@H]1[C@H](c2ccc(F)cc2F)C(C#N)(C#N)C2c3ccccc3C=CN21. The van der Waals surface area contributed by atoms with Crippen LogP contribution in [0.25, 0.3) is 6.08 Å². The molecule has 2 aliphatic heterocycles. The van der Waals surface area contributed by atoms with Gasteiger partial charge in [0.15, 0.2) is 11.2 Å². The van der Waals surface area contributed by atoms with E-state index in [-0.39, 0.29) is 11.3 Å². The van der Waals surface area contributed by atoms with E-state index < -0.39 is 35.1 Å². The number of Topliss-reactive ketones (excluding diaryl/α,β-unsaturated/α-hetero) is 1. The van der Waals surface area contributed by atoms with Crippen LogP contribution in [-0.4, -0.2) is 16.7 Å². The molecule has 2 aromatic carbocycles. The summed E-state index contributed by atoms with van der Waals surface area (Å²) in [4.78, 5) is 14.3. The second-order valence-corrected chi connectivity index (χ2v) is 7.09. The van der Waals surface area contributed by atoms with E-state index in [4.69, 9.17) is 0 Å². The minimum Gasteiger partial charge on any atom is -0.357 e. The molecular formula is C22H15F2N3O. The van der Waals surface area contributed by atoms with Crippen molar-refractivity contribution >= 4 is 11.9 Å². The summed E-state index contributed by atoms with van der Waals surface area (Å²) in [7, 11) is 0. The molecule has 2 heterocycles. The molecular weight excluding hydrogens is 360 g/mol. The van der Waals surface area contributed by atoms with Crippen molar-refractivity contribution in [3.63, 3.8) is 0 Å². The first kappa shape index (κ1) is 17.9. The van der Waals surface area contributed by atoms with Crippen molar-refractivity contribution in [2.75, 3.05) is 0 Å². The molecule has 0 aromatic heterocycles. The molecule has 0 N–H and O–H groups in total. The number of ketones is 1. The number of benzene rings is 2. The standard InChI is InChI=1S/C22H15F2N3O/c1-13(28)20-19(17-7-6-15(23)10-18(17)24)22(11-25,12-26)21-16-5-3-2-4-14(16)8-9-27(20)21/h2-10,19-21H,1H3/t19-,20-,21?/m0/s1. The molecule has 6 heteroatoms. The van der Waals surface area contributed by atoms with E-state index in [2.05, 4.69) is 12.1 Å². The maximum Gasteiger partial charge on any atom is 0.177 e. The Hall–Kier alpha value is -3.51. The van der Waals surface area contributed by atoms with Gasteiger partial charge in [-0.3, -0.25) is 4.79 Å². The predicted molar refractivity (Wildman–Crippen MR) is 97.3 cm³/mol. The van der Waals surface area contributed by atoms with Crippen molar-refractivity contribution in [1.29, 1.82) is 10.5 Å². The number of hydrogen-bond donors (Lipinski definition) is 0. The van der Waals surface area contributed by atoms with Gasteiger partial charge in [0.05, 0.1) is 24.2 Å². The van der Waals surface area contributed by atoms with Gasteiger partial charge in [0.2, 0.25) is 0 Å². The van der Waals surface area contributed by atoms with Crippen LogP contribution < -0.4 is 0 Å². The van der Waals surface area contributed by atoms with E-state index in [1.54, 1.807) is 23.2 Å². The Morgan fingerprint density at radius 2 is 1.82 bits per heavy atom. The molecule has 1 unspecified atom stereocenters. The summed E-state index contributed by atoms with van der Waals surface area (Å²) in [6.07, 6.45) is 3.49. The molecule has 0 bridgehead atoms. The fourth-order valence-corrected chi connectivity index (χ4v) is 4.55. The van der Waals surface area contributed by atoms with E-state index in [0.717, 1.165) is 17.2 Å². The van der Waals surface area contributed by atoms with Crippen LogP contribution >= 0.6 is 0 Å². The van der Waals surface area contributed by atoms with Crippen molar-refractivity contribution in [2.24, 2.45) is 5.41 Å². The maximum absolute atomic E-state index is 14.7. The van der Waals surface area contributed by atoms with Gasteiger partial charge >= 0.3 is 0 Å². The number of hydrogen-bond acceptors (Lipinski definition) is 4. The van der Waals surface area contributed by atoms with E-state index in [1.807, 2.05) is 18.2 Å². The van der Waals surface area contributed by atoms with Gasteiger partial charge in [-0.05, 0) is 35.8 Å². The van der Waals surface area contributed by atoms with Crippen LogP contribution in [0.2, 0.25) is 0 Å². The smallest absolute Gasteiger partial charge is 0.177 e. The third-order valence-corrected chi connectivity index (χ3v) is 5.66. The quantitative estimate of drug-likeness (QED) is 0.793. The highest BCUT2D eigenvalue weighted by molar-refractivity contribution is 5.85. The maximum atomic E-state index is 14.7. The minimum atomic E-state index is -1.73. The zero-order valence-electron chi connectivity index (χ0n) is 14.9. The largest absolute Gasteiger partial charge is 0.357 e. The molecule has 0 amide bonds. The zero-order chi connectivity index (χ0) is 20.1. The van der Waals surface area contributed by atoms with Gasteiger partial charge in [-0.2, -0.15) is 10.5 Å². The second kappa shape index (κ2) is 6.28. The van der Waals surface area contributed by atoms with Crippen molar-refractivity contribution in [2.45, 2.75) is 24.9 Å². The summed E-state index contributed by atoms with van der Waals surface area (Å²) >= 11 is 0. The van der Waals surface area contributed by atoms with Crippen LogP contribution in [0.3, 0.4) is 0 Å². The van der Waals surface area contributed by atoms with Gasteiger partial charge in [-0.25, -0.2) is 8.78 Å². The molecule has 0 spiro atoms. The average Bonchev–Trinajstić information content (AvgIpc) is 2.99. The van der Waals surface area contributed by atoms with E-state index in [1.165, 1.54) is 13.0 Å². The lowest BCUT2D eigenvalue weighted by atomic mass is 9.67. The van der Waals surface area contributed by atoms with Crippen molar-refractivity contribution in [3.8, 4) is 12.1 Å². The molecule has 28 heavy (non-hydrogen) atoms. The summed E-state index contributed by atoms with van der Waals surface area (Å²) in [6, 6.07) is 12.8. The highest BCUT2D eigenvalue weighted by Gasteiger charge is 2.63. The van der Waals surface area contributed by atoms with Crippen LogP contribution in [0.4, 0.5) is 8.78 Å². The molecule has 2 aromatic rings. The lowest BCUT2D eigenvalue weighted by Gasteiger charge is -2.34. The monoisotopic (exact) mass is 375 g/mol. The van der Waals surface area contributed by atoms with Crippen molar-refractivity contribution in [3.05, 3.63) is 77.0 Å². The highest BCUT2D eigenvalue weighted by Crippen LogP contribution is 2.59. The first-order chi connectivity index (χ1) is 13.4. The minimum absolute atomic E-state index is 0.00928. The van der Waals surface area contributed by atoms with Gasteiger partial charge in [0.25, 0.3) is 0 Å². The van der Waals surface area contributed by atoms with Crippen LogP contribution in [0, 0.1) is 39.7 Å². The number of rotatable bonds is 2. The zero-order valence-corrected chi connectivity index (χ0v) is 14.9. The van der Waals surface area contributed by atoms with Crippen molar-refractivity contribution in [1.82, 2.24) is 4.90 Å². The van der Waals surface area contributed by atoms with Crippen LogP contribution in [0.15, 0.2) is 48.7 Å². The molecule has 0 radical (unpaired) electrons. The summed E-state index contributed by atoms with van der Waals surface area (Å²) in [6.45, 7) is 1.36. The van der Waals surface area contributed by atoms with E-state index in [9.17, 15) is 24.1 Å². The van der Waals surface area contributed by atoms with E-state index >= 15 is 0 Å². The Morgan fingerprint density at radius 1 is 1.11 bits per heavy atom. The van der Waals surface area contributed by atoms with Gasteiger partial charge in [0, 0.05) is 18.2 Å². The van der Waals surface area contributed by atoms with Crippen LogP contribution in [0.1, 0.15) is 35.6 Å². The highest BCUT2D eigenvalue weighted by atomic mass is 19.1. The fourth-order valence-electron chi connectivity index (χ4n) is 4.55. The third-order valence-electron chi connectivity index (χ3n) is 5.66. The van der Waals surface area contributed by atoms with Gasteiger partial charge in [0.1, 0.15) is 11.6 Å². The summed E-state index contributed by atoms with van der Waals surface area (Å²) < 4.78 is 28.2. The molecule has 138 valence electrons. The first-order valence-corrected chi connectivity index (χ1v) is 8.77. The molecule has 1 saturated heterocycles. The number of halogens is 2. The van der Waals surface area contributed by atoms with Gasteiger partial charge in [-0.15, -0.1) is 0 Å². The predicted octanol–water partition coefficient (Wildman–Crippen LogP) is 4.08. The Balaban J connectivity index is 2.03. The number of nitrogens with zero attached hydrogens (tertiary/aromatic N) is 3. The molecule has 2 aliphatic rings. The van der Waals surface area contributed by atoms with Gasteiger partial charge in [-0.1, -0.05) is 30.3 Å². The molecule has 1 fully saturated rings. The second-order valence-electron chi connectivity index (χ2n) is 7.09. The summed E-state index contributed by atoms with van der Waals surface area (Å²) in [5.74, 6) is -3.00. The average molecular weight is 375 g/mol. The number of carbonyl (C=O) groups is 1. The Bertz CT molecular complexity index is 1080. The fraction of sp³-hybridized carbons (Fsp3) is 0.227. The Labute approximate surface area is 160 Å². The molecule has 4 nitrogen and oxygen atoms in total. The van der Waals surface area contributed by atoms with Crippen LogP contribution in [0.5, 0.6) is 0 Å². The Morgan fingerprint density at radius 3 is 2.46 bits per heavy atom. The van der Waals surface area contributed by atoms with E-state index in [0.29, 0.717) is 6.07 Å². The normalized spacial score (nSPS) is 24.0. The summed E-state index contributed by atoms with van der Waals surface area (Å²) in [5.41, 5.74) is -0.175. The number of fused-ring (bicyclic) bond motifs is 3. The Kier molecular flexibility index (Phi) is 4.01. The molecule has 3 atom stereocenters. The molecule has 0 saturated carbocycles.